The molecule has 2 atom stereocenters. The Morgan fingerprint density at radius 2 is 2.26 bits per heavy atom. The van der Waals surface area contributed by atoms with Crippen LogP contribution in [0.25, 0.3) is 0 Å². The summed E-state index contributed by atoms with van der Waals surface area (Å²) < 4.78 is 4.62. The van der Waals surface area contributed by atoms with Crippen LogP contribution in [0, 0.1) is 5.92 Å². The summed E-state index contributed by atoms with van der Waals surface area (Å²) in [7, 11) is 1.34. The van der Waals surface area contributed by atoms with Crippen molar-refractivity contribution >= 4 is 11.9 Å². The Labute approximate surface area is 112 Å². The van der Waals surface area contributed by atoms with E-state index in [0.29, 0.717) is 11.6 Å². The van der Waals surface area contributed by atoms with Crippen LogP contribution in [0.15, 0.2) is 23.9 Å². The first-order chi connectivity index (χ1) is 9.15. The predicted molar refractivity (Wildman–Crippen MR) is 70.5 cm³/mol. The van der Waals surface area contributed by atoms with E-state index in [2.05, 4.69) is 16.6 Å². The van der Waals surface area contributed by atoms with Crippen LogP contribution in [0.4, 0.5) is 0 Å². The van der Waals surface area contributed by atoms with Crippen molar-refractivity contribution in [3.8, 4) is 0 Å². The minimum absolute atomic E-state index is 0.275. The topological polar surface area (TPSA) is 56.3 Å². The molecule has 0 bridgehead atoms. The van der Waals surface area contributed by atoms with E-state index >= 15 is 0 Å². The fourth-order valence-electron chi connectivity index (χ4n) is 2.59. The normalized spacial score (nSPS) is 22.7. The molecule has 0 amide bonds. The maximum Gasteiger partial charge on any atom is 0.356 e. The smallest absolute Gasteiger partial charge is 0.356 e. The van der Waals surface area contributed by atoms with Crippen molar-refractivity contribution in [2.24, 2.45) is 5.92 Å². The molecule has 1 aromatic heterocycles. The Balaban J connectivity index is 2.11. The van der Waals surface area contributed by atoms with Gasteiger partial charge in [-0.25, -0.2) is 14.6 Å². The Bertz CT molecular complexity index is 515. The third kappa shape index (κ3) is 2.91. The minimum atomic E-state index is -0.422. The molecule has 100 valence electrons. The first-order valence-corrected chi connectivity index (χ1v) is 6.43. The van der Waals surface area contributed by atoms with E-state index in [1.807, 2.05) is 12.0 Å². The molecule has 0 saturated heterocycles. The molecule has 0 aliphatic heterocycles. The highest BCUT2D eigenvalue weighted by molar-refractivity contribution is 5.86. The standard InChI is InChI=1S/C15H17NO3/c1-10-7-11(3-4-13(10)9-17)12-5-6-14(16-8-12)15(18)19-2/h5-6,8,10-11H,3-4,7H2,1-2H3. The van der Waals surface area contributed by atoms with E-state index in [1.54, 1.807) is 12.3 Å². The molecule has 1 fully saturated rings. The predicted octanol–water partition coefficient (Wildman–Crippen LogP) is 2.53. The summed E-state index contributed by atoms with van der Waals surface area (Å²) in [6.07, 6.45) is 4.41. The van der Waals surface area contributed by atoms with E-state index in [4.69, 9.17) is 0 Å². The Hall–Kier alpha value is -1.93. The van der Waals surface area contributed by atoms with Crippen LogP contribution in [0.5, 0.6) is 0 Å². The highest BCUT2D eigenvalue weighted by Gasteiger charge is 2.25. The molecule has 1 aliphatic carbocycles. The first-order valence-electron chi connectivity index (χ1n) is 6.43. The molecule has 1 saturated carbocycles. The van der Waals surface area contributed by atoms with E-state index in [0.717, 1.165) is 30.4 Å². The van der Waals surface area contributed by atoms with Gasteiger partial charge < -0.3 is 4.74 Å². The third-order valence-corrected chi connectivity index (χ3v) is 3.78. The lowest BCUT2D eigenvalue weighted by atomic mass is 9.77. The average Bonchev–Trinajstić information content (AvgIpc) is 2.46. The number of aromatic nitrogens is 1. The number of rotatable bonds is 2. The molecule has 19 heavy (non-hydrogen) atoms. The number of methoxy groups -OCH3 is 1. The third-order valence-electron chi connectivity index (χ3n) is 3.78. The lowest BCUT2D eigenvalue weighted by Crippen LogP contribution is -2.15. The van der Waals surface area contributed by atoms with Crippen molar-refractivity contribution in [3.63, 3.8) is 0 Å². The number of ether oxygens (including phenoxy) is 1. The lowest BCUT2D eigenvalue weighted by Gasteiger charge is -2.27. The maximum absolute atomic E-state index is 11.3. The first kappa shape index (κ1) is 13.5. The number of allylic oxidation sites excluding steroid dienone is 1. The monoisotopic (exact) mass is 259 g/mol. The van der Waals surface area contributed by atoms with Gasteiger partial charge in [-0.1, -0.05) is 13.0 Å². The van der Waals surface area contributed by atoms with E-state index in [-0.39, 0.29) is 5.92 Å². The van der Waals surface area contributed by atoms with Gasteiger partial charge in [-0.3, -0.25) is 0 Å². The van der Waals surface area contributed by atoms with E-state index in [9.17, 15) is 9.59 Å². The minimum Gasteiger partial charge on any atom is -0.464 e. The van der Waals surface area contributed by atoms with Crippen LogP contribution in [-0.4, -0.2) is 24.0 Å². The second-order valence-corrected chi connectivity index (χ2v) is 4.97. The van der Waals surface area contributed by atoms with Crippen LogP contribution in [0.3, 0.4) is 0 Å². The zero-order chi connectivity index (χ0) is 13.8. The van der Waals surface area contributed by atoms with Gasteiger partial charge in [0.1, 0.15) is 11.6 Å². The molecule has 0 N–H and O–H groups in total. The van der Waals surface area contributed by atoms with Gasteiger partial charge in [0.05, 0.1) is 7.11 Å². The number of nitrogens with zero attached hydrogens (tertiary/aromatic N) is 1. The molecule has 4 nitrogen and oxygen atoms in total. The van der Waals surface area contributed by atoms with Crippen LogP contribution < -0.4 is 0 Å². The van der Waals surface area contributed by atoms with Crippen molar-refractivity contribution in [2.75, 3.05) is 7.11 Å². The summed E-state index contributed by atoms with van der Waals surface area (Å²) in [6, 6.07) is 3.61. The number of carbonyl (C=O) groups is 1. The van der Waals surface area contributed by atoms with Crippen LogP contribution >= 0.6 is 0 Å². The second-order valence-electron chi connectivity index (χ2n) is 4.97. The van der Waals surface area contributed by atoms with Gasteiger partial charge in [-0.2, -0.15) is 0 Å². The van der Waals surface area contributed by atoms with Crippen molar-refractivity contribution in [3.05, 3.63) is 35.2 Å². The van der Waals surface area contributed by atoms with Gasteiger partial charge in [-0.05, 0) is 42.7 Å². The zero-order valence-electron chi connectivity index (χ0n) is 11.2. The van der Waals surface area contributed by atoms with Crippen LogP contribution in [0.1, 0.15) is 48.2 Å². The molecule has 2 rings (SSSR count). The number of pyridine rings is 1. The lowest BCUT2D eigenvalue weighted by molar-refractivity contribution is 0.0594. The number of esters is 1. The van der Waals surface area contributed by atoms with Crippen molar-refractivity contribution < 1.29 is 14.3 Å². The fraction of sp³-hybridized carbons (Fsp3) is 0.467. The highest BCUT2D eigenvalue weighted by atomic mass is 16.5. The molecule has 0 radical (unpaired) electrons. The maximum atomic E-state index is 11.3. The van der Waals surface area contributed by atoms with E-state index in [1.165, 1.54) is 7.11 Å². The SMILES string of the molecule is COC(=O)c1ccc(C2CCC(=C=O)C(C)C2)cn1. The van der Waals surface area contributed by atoms with Gasteiger partial charge in [0.2, 0.25) is 0 Å². The van der Waals surface area contributed by atoms with Crippen molar-refractivity contribution in [1.29, 1.82) is 0 Å². The summed E-state index contributed by atoms with van der Waals surface area (Å²) in [6.45, 7) is 2.06. The summed E-state index contributed by atoms with van der Waals surface area (Å²) in [4.78, 5) is 26.2. The molecular weight excluding hydrogens is 242 g/mol. The summed E-state index contributed by atoms with van der Waals surface area (Å²) in [5, 5.41) is 0. The number of hydrogen-bond acceptors (Lipinski definition) is 4. The van der Waals surface area contributed by atoms with Gasteiger partial charge >= 0.3 is 5.97 Å². The largest absolute Gasteiger partial charge is 0.464 e. The second kappa shape index (κ2) is 5.81. The molecule has 1 aliphatic rings. The molecule has 0 aromatic carbocycles. The van der Waals surface area contributed by atoms with Crippen LogP contribution in [-0.2, 0) is 9.53 Å². The van der Waals surface area contributed by atoms with Gasteiger partial charge in [0, 0.05) is 11.8 Å². The molecular formula is C15H17NO3. The summed E-state index contributed by atoms with van der Waals surface area (Å²) in [5.41, 5.74) is 2.32. The average molecular weight is 259 g/mol. The van der Waals surface area contributed by atoms with Gasteiger partial charge in [-0.15, -0.1) is 0 Å². The summed E-state index contributed by atoms with van der Waals surface area (Å²) >= 11 is 0. The fourth-order valence-corrected chi connectivity index (χ4v) is 2.59. The zero-order valence-corrected chi connectivity index (χ0v) is 11.2. The molecule has 2 unspecified atom stereocenters. The Morgan fingerprint density at radius 1 is 1.47 bits per heavy atom. The molecule has 1 aromatic rings. The van der Waals surface area contributed by atoms with Crippen molar-refractivity contribution in [2.45, 2.75) is 32.1 Å². The molecule has 1 heterocycles. The van der Waals surface area contributed by atoms with E-state index < -0.39 is 5.97 Å². The number of hydrogen-bond donors (Lipinski definition) is 0. The molecule has 4 heteroatoms. The Morgan fingerprint density at radius 3 is 2.79 bits per heavy atom. The quantitative estimate of drug-likeness (QED) is 0.605. The summed E-state index contributed by atoms with van der Waals surface area (Å²) in [5.74, 6) is 2.29. The van der Waals surface area contributed by atoms with Crippen LogP contribution in [0.2, 0.25) is 0 Å². The van der Waals surface area contributed by atoms with Gasteiger partial charge in [0.15, 0.2) is 0 Å². The van der Waals surface area contributed by atoms with Gasteiger partial charge in [0.25, 0.3) is 0 Å². The number of carbonyl (C=O) groups excluding carboxylic acids is 2. The molecule has 0 spiro atoms. The highest BCUT2D eigenvalue weighted by Crippen LogP contribution is 2.37. The van der Waals surface area contributed by atoms with Crippen molar-refractivity contribution in [1.82, 2.24) is 4.98 Å². The Kier molecular flexibility index (Phi) is 4.13.